The van der Waals surface area contributed by atoms with Gasteiger partial charge in [0.25, 0.3) is 0 Å². The van der Waals surface area contributed by atoms with Gasteiger partial charge in [0.2, 0.25) is 0 Å². The predicted octanol–water partition coefficient (Wildman–Crippen LogP) is 3.09. The maximum Gasteiger partial charge on any atom is 0.105 e. The largest absolute Gasteiger partial charge is 0.338 e. The molecule has 0 aromatic heterocycles. The van der Waals surface area contributed by atoms with Crippen LogP contribution >= 0.6 is 16.6 Å². The summed E-state index contributed by atoms with van der Waals surface area (Å²) >= 11 is 5.64. The first-order chi connectivity index (χ1) is 9.55. The lowest BCUT2D eigenvalue weighted by atomic mass is 10.1. The summed E-state index contributed by atoms with van der Waals surface area (Å²) in [6, 6.07) is 0. The first-order valence-corrected chi connectivity index (χ1v) is 12.5. The van der Waals surface area contributed by atoms with E-state index >= 15 is 0 Å². The molecule has 8 heteroatoms. The van der Waals surface area contributed by atoms with Crippen LogP contribution in [0.15, 0.2) is 0 Å². The molecular weight excluding hydrogens is 330 g/mol. The van der Waals surface area contributed by atoms with E-state index in [-0.39, 0.29) is 21.7 Å². The van der Waals surface area contributed by atoms with E-state index in [1.54, 1.807) is 0 Å². The second kappa shape index (κ2) is 8.21. The third kappa shape index (κ3) is 4.39. The number of hydrogen-bond acceptors (Lipinski definition) is 5. The summed E-state index contributed by atoms with van der Waals surface area (Å²) in [6.07, 6.45) is 4.74. The van der Waals surface area contributed by atoms with Gasteiger partial charge in [-0.25, -0.2) is 0 Å². The molecule has 0 N–H and O–H groups in total. The van der Waals surface area contributed by atoms with E-state index in [0.717, 1.165) is 36.9 Å². The molecule has 0 aliphatic carbocycles. The van der Waals surface area contributed by atoms with Crippen LogP contribution in [0.2, 0.25) is 0 Å². The van der Waals surface area contributed by atoms with Crippen molar-refractivity contribution >= 4 is 37.2 Å². The summed E-state index contributed by atoms with van der Waals surface area (Å²) in [5.41, 5.74) is 0. The molecule has 0 saturated carbocycles. The average Bonchev–Trinajstić information content (AvgIpc) is 2.41. The van der Waals surface area contributed by atoms with Gasteiger partial charge in [0.1, 0.15) is 16.6 Å². The van der Waals surface area contributed by atoms with Crippen LogP contribution in [-0.4, -0.2) is 59.7 Å². The SMILES string of the molecule is CC[C@@H]1OP2CCP(O[C@@H]1CC)N(C)CS(=S)CN2C. The van der Waals surface area contributed by atoms with Crippen LogP contribution in [0.3, 0.4) is 0 Å². The highest BCUT2D eigenvalue weighted by molar-refractivity contribution is 8.28. The van der Waals surface area contributed by atoms with Crippen LogP contribution in [0.1, 0.15) is 26.7 Å². The Hall–Kier alpha value is 1.27. The van der Waals surface area contributed by atoms with Crippen LogP contribution < -0.4 is 0 Å². The molecule has 4 nitrogen and oxygen atoms in total. The zero-order valence-electron chi connectivity index (χ0n) is 12.8. The van der Waals surface area contributed by atoms with Crippen LogP contribution in [0.5, 0.6) is 0 Å². The lowest BCUT2D eigenvalue weighted by molar-refractivity contribution is 0.0552. The molecule has 5 atom stereocenters. The van der Waals surface area contributed by atoms with Crippen molar-refractivity contribution in [2.45, 2.75) is 38.9 Å². The van der Waals surface area contributed by atoms with Crippen LogP contribution in [0.25, 0.3) is 0 Å². The second-order valence-electron chi connectivity index (χ2n) is 5.27. The third-order valence-electron chi connectivity index (χ3n) is 3.64. The first kappa shape index (κ1) is 17.6. The van der Waals surface area contributed by atoms with E-state index in [4.69, 9.17) is 20.2 Å². The van der Waals surface area contributed by atoms with E-state index in [0.29, 0.717) is 0 Å². The molecule has 2 bridgehead atoms. The fourth-order valence-electron chi connectivity index (χ4n) is 2.49. The Bertz CT molecular complexity index is 321. The van der Waals surface area contributed by atoms with Gasteiger partial charge in [0.05, 0.1) is 24.0 Å². The number of nitrogens with zero attached hydrogens (tertiary/aromatic N) is 2. The van der Waals surface area contributed by atoms with Crippen LogP contribution in [0.4, 0.5) is 0 Å². The molecule has 3 unspecified atom stereocenters. The number of hydrogen-bond donors (Lipinski definition) is 0. The van der Waals surface area contributed by atoms with Crippen molar-refractivity contribution < 1.29 is 9.05 Å². The molecule has 20 heavy (non-hydrogen) atoms. The fourth-order valence-corrected chi connectivity index (χ4v) is 10.5. The minimum absolute atomic E-state index is 0.0256. The number of fused-ring (bicyclic) bond motifs is 3. The van der Waals surface area contributed by atoms with Crippen molar-refractivity contribution in [1.29, 1.82) is 0 Å². The highest BCUT2D eigenvalue weighted by Crippen LogP contribution is 2.53. The zero-order valence-corrected chi connectivity index (χ0v) is 16.2. The molecule has 0 radical (unpaired) electrons. The molecular formula is C12H26N2O2P2S2. The van der Waals surface area contributed by atoms with Crippen molar-refractivity contribution in [3.8, 4) is 0 Å². The van der Waals surface area contributed by atoms with Gasteiger partial charge >= 0.3 is 0 Å². The Kier molecular flexibility index (Phi) is 7.24. The second-order valence-corrected chi connectivity index (χ2v) is 12.2. The smallest absolute Gasteiger partial charge is 0.105 e. The van der Waals surface area contributed by atoms with E-state index in [1.807, 2.05) is 0 Å². The summed E-state index contributed by atoms with van der Waals surface area (Å²) in [5.74, 6) is 1.95. The fraction of sp³-hybridized carbons (Fsp3) is 1.00. The quantitative estimate of drug-likeness (QED) is 0.708. The molecule has 2 saturated heterocycles. The van der Waals surface area contributed by atoms with E-state index < -0.39 is 16.6 Å². The summed E-state index contributed by atoms with van der Waals surface area (Å²) in [7, 11) is 3.32. The summed E-state index contributed by atoms with van der Waals surface area (Å²) in [5, 5.41) is 0. The molecule has 0 aromatic rings. The van der Waals surface area contributed by atoms with Crippen molar-refractivity contribution in [1.82, 2.24) is 9.34 Å². The lowest BCUT2D eigenvalue weighted by Gasteiger charge is -2.38. The van der Waals surface area contributed by atoms with Gasteiger partial charge in [-0.15, -0.1) is 0 Å². The Balaban J connectivity index is 2.25. The van der Waals surface area contributed by atoms with Crippen molar-refractivity contribution in [3.05, 3.63) is 0 Å². The van der Waals surface area contributed by atoms with Gasteiger partial charge in [-0.3, -0.25) is 9.34 Å². The highest BCUT2D eigenvalue weighted by Gasteiger charge is 2.35. The molecule has 2 fully saturated rings. The third-order valence-corrected chi connectivity index (χ3v) is 10.4. The first-order valence-electron chi connectivity index (χ1n) is 7.20. The molecule has 2 rings (SSSR count). The normalized spacial score (nSPS) is 41.5. The van der Waals surface area contributed by atoms with Gasteiger partial charge in [-0.2, -0.15) is 0 Å². The van der Waals surface area contributed by atoms with Crippen molar-refractivity contribution in [2.75, 3.05) is 38.2 Å². The zero-order chi connectivity index (χ0) is 14.7. The topological polar surface area (TPSA) is 24.9 Å². The molecule has 118 valence electrons. The van der Waals surface area contributed by atoms with Gasteiger partial charge in [-0.1, -0.05) is 23.3 Å². The Morgan fingerprint density at radius 3 is 1.75 bits per heavy atom. The maximum absolute atomic E-state index is 6.43. The van der Waals surface area contributed by atoms with Crippen molar-refractivity contribution in [3.63, 3.8) is 0 Å². The Morgan fingerprint density at radius 2 is 1.40 bits per heavy atom. The van der Waals surface area contributed by atoms with Gasteiger partial charge < -0.3 is 9.05 Å². The van der Waals surface area contributed by atoms with E-state index in [2.05, 4.69) is 37.3 Å². The molecule has 0 amide bonds. The highest BCUT2D eigenvalue weighted by atomic mass is 32.8. The van der Waals surface area contributed by atoms with Gasteiger partial charge in [-0.05, 0) is 38.1 Å². The minimum atomic E-state index is -0.509. The molecule has 2 aliphatic heterocycles. The minimum Gasteiger partial charge on any atom is -0.338 e. The van der Waals surface area contributed by atoms with Gasteiger partial charge in [0, 0.05) is 12.3 Å². The molecule has 0 spiro atoms. The standard InChI is InChI=1S/C12H26N2O2P2S2/c1-5-11-12(6-2)16-18-8-7-17(15-11)13(3)9-20(19)10-14(18)4/h11-12H,5-10H2,1-4H3/t11-,12+,17?,18?,20?. The molecule has 2 heterocycles. The Labute approximate surface area is 132 Å². The molecule has 2 aliphatic rings. The van der Waals surface area contributed by atoms with Crippen LogP contribution in [0, 0.1) is 0 Å². The lowest BCUT2D eigenvalue weighted by Crippen LogP contribution is -2.33. The average molecular weight is 356 g/mol. The summed E-state index contributed by atoms with van der Waals surface area (Å²) in [4.78, 5) is 0. The summed E-state index contributed by atoms with van der Waals surface area (Å²) in [6.45, 7) is 4.41. The van der Waals surface area contributed by atoms with Crippen LogP contribution in [-0.2, 0) is 29.7 Å². The van der Waals surface area contributed by atoms with Gasteiger partial charge in [0.15, 0.2) is 0 Å². The predicted molar refractivity (Wildman–Crippen MR) is 93.9 cm³/mol. The molecule has 0 aromatic carbocycles. The van der Waals surface area contributed by atoms with E-state index in [9.17, 15) is 0 Å². The monoisotopic (exact) mass is 356 g/mol. The Morgan fingerprint density at radius 1 is 1.00 bits per heavy atom. The maximum atomic E-state index is 6.43. The summed E-state index contributed by atoms with van der Waals surface area (Å²) < 4.78 is 17.6. The van der Waals surface area contributed by atoms with E-state index in [1.165, 1.54) is 0 Å². The van der Waals surface area contributed by atoms with Crippen molar-refractivity contribution in [2.24, 2.45) is 0 Å². The number of rotatable bonds is 2.